The summed E-state index contributed by atoms with van der Waals surface area (Å²) in [5.74, 6) is -1.09. The van der Waals surface area contributed by atoms with Gasteiger partial charge < -0.3 is 10.2 Å². The third-order valence-electron chi connectivity index (χ3n) is 4.91. The van der Waals surface area contributed by atoms with E-state index in [0.717, 1.165) is 0 Å². The predicted octanol–water partition coefficient (Wildman–Crippen LogP) is 4.36. The molecule has 0 saturated carbocycles. The Morgan fingerprint density at radius 1 is 0.969 bits per heavy atom. The third kappa shape index (κ3) is 5.72. The van der Waals surface area contributed by atoms with E-state index in [1.807, 2.05) is 0 Å². The Morgan fingerprint density at radius 2 is 1.53 bits per heavy atom. The lowest BCUT2D eigenvalue weighted by atomic mass is 10.1. The Kier molecular flexibility index (Phi) is 6.45. The lowest BCUT2D eigenvalue weighted by molar-refractivity contribution is -0.143. The van der Waals surface area contributed by atoms with Gasteiger partial charge in [0.05, 0.1) is 35.2 Å². The zero-order chi connectivity index (χ0) is 23.7. The number of carbonyl (C=O) groups is 1. The number of para-hydroxylation sites is 1. The van der Waals surface area contributed by atoms with Crippen molar-refractivity contribution in [2.45, 2.75) is 24.8 Å². The molecule has 1 fully saturated rings. The van der Waals surface area contributed by atoms with Gasteiger partial charge in [-0.05, 0) is 36.8 Å². The molecule has 2 aromatic rings. The first-order valence-electron chi connectivity index (χ1n) is 9.37. The van der Waals surface area contributed by atoms with Crippen molar-refractivity contribution in [2.24, 2.45) is 0 Å². The molecule has 2 aromatic carbocycles. The van der Waals surface area contributed by atoms with E-state index in [2.05, 4.69) is 5.32 Å². The van der Waals surface area contributed by atoms with E-state index < -0.39 is 57.5 Å². The molecule has 0 aliphatic carbocycles. The minimum absolute atomic E-state index is 0.00728. The molecule has 3 rings (SSSR count). The van der Waals surface area contributed by atoms with Crippen LogP contribution in [0.4, 0.5) is 37.7 Å². The molecule has 0 bridgehead atoms. The van der Waals surface area contributed by atoms with Gasteiger partial charge in [-0.3, -0.25) is 4.79 Å². The van der Waals surface area contributed by atoms with Crippen LogP contribution in [-0.2, 0) is 27.0 Å². The Bertz CT molecular complexity index is 1050. The Morgan fingerprint density at radius 3 is 2.00 bits per heavy atom. The number of carbonyl (C=O) groups excluding carboxylic acids is 1. The average Bonchev–Trinajstić information content (AvgIpc) is 3.05. The number of nitrogens with one attached hydrogen (secondary N) is 1. The molecule has 1 amide bonds. The molecular formula is C20H18F6N2O3S. The lowest BCUT2D eigenvalue weighted by Gasteiger charge is -2.29. The second-order valence-electron chi connectivity index (χ2n) is 7.30. The lowest BCUT2D eigenvalue weighted by Crippen LogP contribution is -2.44. The maximum Gasteiger partial charge on any atom is 0.416 e. The quantitative estimate of drug-likeness (QED) is 0.646. The molecule has 1 aliphatic heterocycles. The van der Waals surface area contributed by atoms with Gasteiger partial charge in [0.2, 0.25) is 5.91 Å². The van der Waals surface area contributed by atoms with Crippen molar-refractivity contribution in [3.05, 3.63) is 59.7 Å². The van der Waals surface area contributed by atoms with E-state index >= 15 is 0 Å². The number of hydrogen-bond donors (Lipinski definition) is 1. The van der Waals surface area contributed by atoms with Crippen molar-refractivity contribution >= 4 is 27.1 Å². The van der Waals surface area contributed by atoms with Gasteiger partial charge in [-0.25, -0.2) is 8.42 Å². The molecule has 1 saturated heterocycles. The largest absolute Gasteiger partial charge is 0.416 e. The van der Waals surface area contributed by atoms with E-state index in [4.69, 9.17) is 0 Å². The van der Waals surface area contributed by atoms with Crippen LogP contribution in [0, 0.1) is 0 Å². The molecular weight excluding hydrogens is 462 g/mol. The second kappa shape index (κ2) is 8.64. The van der Waals surface area contributed by atoms with Gasteiger partial charge in [-0.1, -0.05) is 18.2 Å². The summed E-state index contributed by atoms with van der Waals surface area (Å²) in [5.41, 5.74) is -3.18. The minimum atomic E-state index is -5.02. The SMILES string of the molecule is O=C(CNc1cc(C(F)(F)F)cc(C(F)(F)F)c1)N(c1ccccc1)C1CCS(=O)(=O)C1. The summed E-state index contributed by atoms with van der Waals surface area (Å²) in [6.45, 7) is -0.635. The number of anilines is 2. The molecule has 0 radical (unpaired) electrons. The van der Waals surface area contributed by atoms with Crippen molar-refractivity contribution in [1.82, 2.24) is 0 Å². The highest BCUT2D eigenvalue weighted by molar-refractivity contribution is 7.91. The molecule has 1 atom stereocenters. The topological polar surface area (TPSA) is 66.5 Å². The van der Waals surface area contributed by atoms with Gasteiger partial charge in [0, 0.05) is 11.4 Å². The highest BCUT2D eigenvalue weighted by atomic mass is 32.2. The van der Waals surface area contributed by atoms with Gasteiger partial charge >= 0.3 is 12.4 Å². The number of nitrogens with zero attached hydrogens (tertiary/aromatic N) is 1. The van der Waals surface area contributed by atoms with E-state index in [0.29, 0.717) is 17.8 Å². The molecule has 0 aromatic heterocycles. The van der Waals surface area contributed by atoms with E-state index in [-0.39, 0.29) is 24.0 Å². The van der Waals surface area contributed by atoms with Crippen LogP contribution in [0.25, 0.3) is 0 Å². The highest BCUT2D eigenvalue weighted by Crippen LogP contribution is 2.37. The monoisotopic (exact) mass is 480 g/mol. The smallest absolute Gasteiger partial charge is 0.376 e. The molecule has 1 N–H and O–H groups in total. The van der Waals surface area contributed by atoms with Crippen LogP contribution in [0.5, 0.6) is 0 Å². The number of rotatable bonds is 5. The normalized spacial score (nSPS) is 18.4. The first kappa shape index (κ1) is 23.9. The number of halogens is 6. The molecule has 5 nitrogen and oxygen atoms in total. The fraction of sp³-hybridized carbons (Fsp3) is 0.350. The Hall–Kier alpha value is -2.76. The maximum atomic E-state index is 13.0. The van der Waals surface area contributed by atoms with Gasteiger partial charge in [0.25, 0.3) is 0 Å². The molecule has 1 aliphatic rings. The summed E-state index contributed by atoms with van der Waals surface area (Å²) in [7, 11) is -3.36. The van der Waals surface area contributed by atoms with Crippen molar-refractivity contribution < 1.29 is 39.6 Å². The van der Waals surface area contributed by atoms with Crippen LogP contribution in [0.2, 0.25) is 0 Å². The fourth-order valence-corrected chi connectivity index (χ4v) is 5.15. The van der Waals surface area contributed by atoms with Gasteiger partial charge in [0.15, 0.2) is 9.84 Å². The van der Waals surface area contributed by atoms with Crippen LogP contribution in [-0.4, -0.2) is 38.4 Å². The molecule has 12 heteroatoms. The standard InChI is InChI=1S/C20H18F6N2O3S/c21-19(22,23)13-8-14(20(24,25)26)10-15(9-13)27-11-18(29)28(16-4-2-1-3-5-16)17-6-7-32(30,31)12-17/h1-5,8-10,17,27H,6-7,11-12H2. The van der Waals surface area contributed by atoms with Gasteiger partial charge in [-0.2, -0.15) is 26.3 Å². The summed E-state index contributed by atoms with van der Waals surface area (Å²) in [5, 5.41) is 2.32. The van der Waals surface area contributed by atoms with Crippen LogP contribution < -0.4 is 10.2 Å². The van der Waals surface area contributed by atoms with Crippen LogP contribution >= 0.6 is 0 Å². The van der Waals surface area contributed by atoms with Crippen LogP contribution in [0.1, 0.15) is 17.5 Å². The predicted molar refractivity (Wildman–Crippen MR) is 106 cm³/mol. The first-order chi connectivity index (χ1) is 14.8. The molecule has 32 heavy (non-hydrogen) atoms. The molecule has 0 spiro atoms. The summed E-state index contributed by atoms with van der Waals surface area (Å²) in [6.07, 6.45) is -9.86. The summed E-state index contributed by atoms with van der Waals surface area (Å²) >= 11 is 0. The average molecular weight is 480 g/mol. The van der Waals surface area contributed by atoms with E-state index in [1.54, 1.807) is 30.3 Å². The summed E-state index contributed by atoms with van der Waals surface area (Å²) in [6, 6.07) is 8.31. The first-order valence-corrected chi connectivity index (χ1v) is 11.2. The second-order valence-corrected chi connectivity index (χ2v) is 9.53. The number of alkyl halides is 6. The van der Waals surface area contributed by atoms with Crippen LogP contribution in [0.3, 0.4) is 0 Å². The number of benzene rings is 2. The van der Waals surface area contributed by atoms with Gasteiger partial charge in [-0.15, -0.1) is 0 Å². The van der Waals surface area contributed by atoms with Crippen molar-refractivity contribution in [3.63, 3.8) is 0 Å². The van der Waals surface area contributed by atoms with E-state index in [9.17, 15) is 39.6 Å². The number of sulfone groups is 1. The van der Waals surface area contributed by atoms with Crippen molar-refractivity contribution in [2.75, 3.05) is 28.3 Å². The number of amides is 1. The highest BCUT2D eigenvalue weighted by Gasteiger charge is 2.38. The van der Waals surface area contributed by atoms with Gasteiger partial charge in [0.1, 0.15) is 0 Å². The maximum absolute atomic E-state index is 13.0. The van der Waals surface area contributed by atoms with E-state index in [1.165, 1.54) is 4.90 Å². The van der Waals surface area contributed by atoms with Crippen LogP contribution in [0.15, 0.2) is 48.5 Å². The summed E-state index contributed by atoms with van der Waals surface area (Å²) in [4.78, 5) is 14.1. The third-order valence-corrected chi connectivity index (χ3v) is 6.66. The molecule has 1 unspecified atom stereocenters. The Labute approximate surface area is 179 Å². The Balaban J connectivity index is 1.86. The molecule has 174 valence electrons. The van der Waals surface area contributed by atoms with Crippen molar-refractivity contribution in [3.8, 4) is 0 Å². The summed E-state index contributed by atoms with van der Waals surface area (Å²) < 4.78 is 102. The minimum Gasteiger partial charge on any atom is -0.376 e. The zero-order valence-corrected chi connectivity index (χ0v) is 17.2. The zero-order valence-electron chi connectivity index (χ0n) is 16.4. The van der Waals surface area contributed by atoms with Crippen molar-refractivity contribution in [1.29, 1.82) is 0 Å². The number of hydrogen-bond acceptors (Lipinski definition) is 4. The molecule has 1 heterocycles. The fourth-order valence-electron chi connectivity index (χ4n) is 3.45.